The molecule has 0 bridgehead atoms. The number of carbonyl (C=O) groups is 1. The summed E-state index contributed by atoms with van der Waals surface area (Å²) in [4.78, 5) is 26.6. The monoisotopic (exact) mass is 696 g/mol. The Morgan fingerprint density at radius 3 is 2.48 bits per heavy atom. The zero-order chi connectivity index (χ0) is 32.7. The normalized spacial score (nSPS) is 26.9. The molecule has 2 aromatic carbocycles. The molecule has 0 spiro atoms. The molecule has 4 heterocycles. The van der Waals surface area contributed by atoms with Gasteiger partial charge in [0.15, 0.2) is 37.1 Å². The number of amides is 1. The van der Waals surface area contributed by atoms with Crippen LogP contribution in [0.1, 0.15) is 61.5 Å². The molecule has 6 rings (SSSR count). The number of imidazole rings is 1. The molecule has 2 fully saturated rings. The molecule has 4 aromatic rings. The molecule has 2 aromatic heterocycles. The highest BCUT2D eigenvalue weighted by Gasteiger charge is 2.52. The molecule has 2 saturated heterocycles. The summed E-state index contributed by atoms with van der Waals surface area (Å²) in [6, 6.07) is 19.2. The number of aromatic nitrogens is 4. The van der Waals surface area contributed by atoms with Crippen LogP contribution in [0.15, 0.2) is 73.3 Å². The largest absolute Gasteiger partial charge is 0.408 e. The third kappa shape index (κ3) is 6.75. The second-order valence-electron chi connectivity index (χ2n) is 13.1. The van der Waals surface area contributed by atoms with Gasteiger partial charge in [0.25, 0.3) is 5.91 Å². The Bertz CT molecular complexity index is 1740. The van der Waals surface area contributed by atoms with Gasteiger partial charge in [0.1, 0.15) is 12.4 Å². The van der Waals surface area contributed by atoms with Crippen LogP contribution >= 0.6 is 17.0 Å². The van der Waals surface area contributed by atoms with Crippen LogP contribution in [0.3, 0.4) is 0 Å². The minimum atomic E-state index is -2.48. The SMILES string of the molecule is CC[C@H]1O[C@@H](n2cnc3c(NC(=O)c4ccccc4)ncnc32)[C@H](O[Si](C)(C)C(C)(C)C)[C@@H]1N[P@@]1(=S)OC[C@@H](c2ccccc2)S1. The van der Waals surface area contributed by atoms with Gasteiger partial charge in [-0.2, -0.15) is 0 Å². The molecule has 2 aliphatic heterocycles. The van der Waals surface area contributed by atoms with Gasteiger partial charge in [-0.25, -0.2) is 15.0 Å². The zero-order valence-corrected chi connectivity index (χ0v) is 30.4. The molecule has 6 atom stereocenters. The second kappa shape index (κ2) is 13.2. The summed E-state index contributed by atoms with van der Waals surface area (Å²) in [5.74, 6) is 0.0571. The molecule has 0 saturated carbocycles. The number of nitrogens with zero attached hydrogens (tertiary/aromatic N) is 4. The van der Waals surface area contributed by atoms with E-state index in [2.05, 4.69) is 78.3 Å². The van der Waals surface area contributed by atoms with Gasteiger partial charge in [0.2, 0.25) is 0 Å². The lowest BCUT2D eigenvalue weighted by molar-refractivity contribution is -0.0321. The van der Waals surface area contributed by atoms with Gasteiger partial charge in [-0.1, -0.05) is 87.6 Å². The van der Waals surface area contributed by atoms with Crippen molar-refractivity contribution >= 4 is 60.0 Å². The highest BCUT2D eigenvalue weighted by molar-refractivity contribution is 8.69. The van der Waals surface area contributed by atoms with E-state index >= 15 is 0 Å². The molecule has 244 valence electrons. The average Bonchev–Trinajstić information content (AvgIpc) is 3.73. The van der Waals surface area contributed by atoms with Crippen LogP contribution in [0.2, 0.25) is 18.1 Å². The topological polar surface area (TPSA) is 112 Å². The number of fused-ring (bicyclic) bond motifs is 1. The quantitative estimate of drug-likeness (QED) is 0.135. The van der Waals surface area contributed by atoms with E-state index in [1.165, 1.54) is 11.9 Å². The van der Waals surface area contributed by atoms with Crippen molar-refractivity contribution in [1.82, 2.24) is 24.6 Å². The van der Waals surface area contributed by atoms with Crippen LogP contribution in [0.5, 0.6) is 0 Å². The minimum Gasteiger partial charge on any atom is -0.408 e. The minimum absolute atomic E-state index is 0.0434. The summed E-state index contributed by atoms with van der Waals surface area (Å²) < 4.78 is 22.3. The van der Waals surface area contributed by atoms with Crippen LogP contribution in [0, 0.1) is 0 Å². The molecule has 10 nitrogen and oxygen atoms in total. The Hall–Kier alpha value is -2.48. The highest BCUT2D eigenvalue weighted by Crippen LogP contribution is 2.68. The van der Waals surface area contributed by atoms with Crippen molar-refractivity contribution in [2.24, 2.45) is 0 Å². The van der Waals surface area contributed by atoms with Crippen molar-refractivity contribution in [2.75, 3.05) is 11.9 Å². The van der Waals surface area contributed by atoms with Crippen LogP contribution in [0.25, 0.3) is 11.2 Å². The van der Waals surface area contributed by atoms with Gasteiger partial charge in [-0.3, -0.25) is 14.4 Å². The van der Waals surface area contributed by atoms with Crippen LogP contribution in [-0.2, 0) is 25.5 Å². The molecule has 2 aliphatic rings. The number of hydrogen-bond donors (Lipinski definition) is 2. The number of nitrogens with one attached hydrogen (secondary N) is 2. The number of ether oxygens (including phenoxy) is 1. The Balaban J connectivity index is 1.33. The molecular weight excluding hydrogens is 656 g/mol. The predicted octanol–water partition coefficient (Wildman–Crippen LogP) is 7.46. The van der Waals surface area contributed by atoms with Gasteiger partial charge >= 0.3 is 0 Å². The third-order valence-corrected chi connectivity index (χ3v) is 19.2. The summed E-state index contributed by atoms with van der Waals surface area (Å²) in [6.45, 7) is 13.8. The number of anilines is 1. The van der Waals surface area contributed by atoms with Crippen LogP contribution in [0.4, 0.5) is 5.82 Å². The second-order valence-corrected chi connectivity index (χ2v) is 24.6. The Labute approximate surface area is 280 Å². The lowest BCUT2D eigenvalue weighted by Gasteiger charge is -2.41. The molecule has 2 N–H and O–H groups in total. The smallest absolute Gasteiger partial charge is 0.256 e. The van der Waals surface area contributed by atoms with E-state index in [4.69, 9.17) is 25.5 Å². The van der Waals surface area contributed by atoms with Crippen molar-refractivity contribution in [3.63, 3.8) is 0 Å². The van der Waals surface area contributed by atoms with Crippen molar-refractivity contribution in [3.8, 4) is 0 Å². The number of carbonyl (C=O) groups excluding carboxylic acids is 1. The first-order valence-electron chi connectivity index (χ1n) is 15.5. The highest BCUT2D eigenvalue weighted by atomic mass is 32.9. The zero-order valence-electron chi connectivity index (χ0n) is 26.9. The molecule has 1 amide bonds. The van der Waals surface area contributed by atoms with E-state index in [0.29, 0.717) is 29.2 Å². The first kappa shape index (κ1) is 33.4. The summed E-state index contributed by atoms with van der Waals surface area (Å²) in [5.41, 5.74) is 0.268. The van der Waals surface area contributed by atoms with Crippen molar-refractivity contribution in [3.05, 3.63) is 84.4 Å². The maximum Gasteiger partial charge on any atom is 0.256 e. The number of benzene rings is 2. The lowest BCUT2D eigenvalue weighted by atomic mass is 10.1. The first-order chi connectivity index (χ1) is 21.9. The van der Waals surface area contributed by atoms with E-state index < -0.39 is 26.3 Å². The molecular formula is C32H41N6O4PS2Si. The van der Waals surface area contributed by atoms with E-state index in [1.54, 1.807) is 29.8 Å². The molecule has 0 aliphatic carbocycles. The fourth-order valence-corrected chi connectivity index (χ4v) is 12.8. The standard InChI is InChI=1S/C32H41N6O4PS2Si/c1-7-23-25(37-43(44)40-18-24(45-43)21-14-10-8-11-15-21)27(42-46(5,6)32(2,3)4)31(41-23)38-20-35-26-28(33-19-34-29(26)38)36-30(39)22-16-12-9-13-17-22/h8-17,19-20,23-25,27,31H,7,18H2,1-6H3,(H,37,44)(H,33,34,36,39)/t23-,24+,25-,27-,31-,43+/m1/s1. The summed E-state index contributed by atoms with van der Waals surface area (Å²) >= 11 is 7.93. The molecule has 46 heavy (non-hydrogen) atoms. The van der Waals surface area contributed by atoms with Gasteiger partial charge in [-0.05, 0) is 54.1 Å². The summed E-state index contributed by atoms with van der Waals surface area (Å²) in [7, 11) is -2.31. The van der Waals surface area contributed by atoms with E-state index in [1.807, 2.05) is 41.0 Å². The number of rotatable bonds is 9. The van der Waals surface area contributed by atoms with E-state index in [9.17, 15) is 4.79 Å². The van der Waals surface area contributed by atoms with Gasteiger partial charge in [-0.15, -0.1) is 0 Å². The molecule has 0 unspecified atom stereocenters. The van der Waals surface area contributed by atoms with E-state index in [0.717, 1.165) is 6.42 Å². The van der Waals surface area contributed by atoms with Gasteiger partial charge in [0, 0.05) is 5.56 Å². The Morgan fingerprint density at radius 2 is 1.80 bits per heavy atom. The van der Waals surface area contributed by atoms with E-state index in [-0.39, 0.29) is 28.3 Å². The fourth-order valence-electron chi connectivity index (χ4n) is 5.48. The summed E-state index contributed by atoms with van der Waals surface area (Å²) in [5, 5.41) is 6.81. The Morgan fingerprint density at radius 1 is 1.11 bits per heavy atom. The van der Waals surface area contributed by atoms with Crippen LogP contribution in [-0.4, -0.2) is 58.6 Å². The fraction of sp³-hybridized carbons (Fsp3) is 0.438. The average molecular weight is 697 g/mol. The van der Waals surface area contributed by atoms with Crippen LogP contribution < -0.4 is 10.4 Å². The number of hydrogen-bond acceptors (Lipinski definition) is 9. The summed E-state index contributed by atoms with van der Waals surface area (Å²) in [6.07, 6.45) is 2.73. The Kier molecular flexibility index (Phi) is 9.59. The third-order valence-electron chi connectivity index (χ3n) is 9.03. The molecule has 0 radical (unpaired) electrons. The lowest BCUT2D eigenvalue weighted by Crippen LogP contribution is -2.51. The van der Waals surface area contributed by atoms with Crippen molar-refractivity contribution in [2.45, 2.75) is 82.0 Å². The maximum atomic E-state index is 13.0. The molecule has 14 heteroatoms. The van der Waals surface area contributed by atoms with Crippen molar-refractivity contribution in [1.29, 1.82) is 0 Å². The maximum absolute atomic E-state index is 13.0. The predicted molar refractivity (Wildman–Crippen MR) is 190 cm³/mol. The van der Waals surface area contributed by atoms with Gasteiger partial charge in [0.05, 0.1) is 30.3 Å². The first-order valence-corrected chi connectivity index (χ1v) is 22.6. The van der Waals surface area contributed by atoms with Crippen molar-refractivity contribution < 1.29 is 18.5 Å². The van der Waals surface area contributed by atoms with Gasteiger partial charge < -0.3 is 19.0 Å².